The van der Waals surface area contributed by atoms with Crippen molar-refractivity contribution in [1.29, 1.82) is 0 Å². The molecule has 0 aromatic carbocycles. The summed E-state index contributed by atoms with van der Waals surface area (Å²) in [6.45, 7) is 18.8. The van der Waals surface area contributed by atoms with Crippen molar-refractivity contribution in [2.45, 2.75) is 118 Å². The van der Waals surface area contributed by atoms with Gasteiger partial charge < -0.3 is 20.4 Å². The first-order chi connectivity index (χ1) is 20.4. The molecule has 4 heteroatoms. The van der Waals surface area contributed by atoms with Crippen LogP contribution < -0.4 is 0 Å². The van der Waals surface area contributed by atoms with Crippen LogP contribution in [0.4, 0.5) is 0 Å². The minimum Gasteiger partial charge on any atom is -0.390 e. The maximum Gasteiger partial charge on any atom is 0.0849 e. The molecule has 0 rings (SSSR count). The molecule has 0 aromatic heterocycles. The summed E-state index contributed by atoms with van der Waals surface area (Å²) in [7, 11) is 0. The van der Waals surface area contributed by atoms with E-state index < -0.39 is 23.4 Å². The van der Waals surface area contributed by atoms with Crippen LogP contribution >= 0.6 is 0 Å². The summed E-state index contributed by atoms with van der Waals surface area (Å²) in [5, 5.41) is 39.6. The van der Waals surface area contributed by atoms with Crippen LogP contribution in [-0.2, 0) is 0 Å². The number of aliphatic hydroxyl groups excluding tert-OH is 2. The van der Waals surface area contributed by atoms with Gasteiger partial charge in [0, 0.05) is 0 Å². The van der Waals surface area contributed by atoms with Gasteiger partial charge in [0.25, 0.3) is 0 Å². The van der Waals surface area contributed by atoms with Gasteiger partial charge in [-0.2, -0.15) is 0 Å². The molecule has 2 atom stereocenters. The third kappa shape index (κ3) is 22.5. The number of hydrogen-bond donors (Lipinski definition) is 4. The van der Waals surface area contributed by atoms with Crippen molar-refractivity contribution in [3.63, 3.8) is 0 Å². The number of aliphatic hydroxyl groups is 4. The molecule has 0 radical (unpaired) electrons. The molecule has 0 amide bonds. The molecule has 0 aromatic rings. The lowest BCUT2D eigenvalue weighted by Gasteiger charge is -2.24. The zero-order chi connectivity index (χ0) is 33.8. The molecule has 0 aliphatic rings. The van der Waals surface area contributed by atoms with Gasteiger partial charge in [0.05, 0.1) is 23.4 Å². The summed E-state index contributed by atoms with van der Waals surface area (Å²) in [6.07, 6.45) is 34.0. The lowest BCUT2D eigenvalue weighted by Crippen LogP contribution is -2.35. The Labute approximate surface area is 269 Å². The molecule has 0 saturated heterocycles. The number of hydrogen-bond acceptors (Lipinski definition) is 4. The Hall–Kier alpha value is -3.02. The molecule has 0 fully saturated rings. The van der Waals surface area contributed by atoms with Crippen LogP contribution in [0, 0.1) is 0 Å². The van der Waals surface area contributed by atoms with Crippen LogP contribution in [0.1, 0.15) is 94.9 Å². The SMILES string of the molecule is CC(/C=C/C=C(C)/C=C/C=C(\C)CC[C@@H](O)C(C)(C)O)=C\C=C\C=C(C)\C=C\C=C(C)\C=C\C=C(/C)CC[C@@H](O)C(C)(C)O. The topological polar surface area (TPSA) is 80.9 Å². The van der Waals surface area contributed by atoms with Gasteiger partial charge >= 0.3 is 0 Å². The van der Waals surface area contributed by atoms with Crippen molar-refractivity contribution in [3.05, 3.63) is 131 Å². The Morgan fingerprint density at radius 2 is 0.705 bits per heavy atom. The fraction of sp³-hybridized carbons (Fsp3) is 0.450. The number of allylic oxidation sites excluding steroid dienone is 22. The van der Waals surface area contributed by atoms with E-state index in [9.17, 15) is 20.4 Å². The maximum absolute atomic E-state index is 9.96. The Bertz CT molecular complexity index is 1100. The van der Waals surface area contributed by atoms with Crippen molar-refractivity contribution in [2.24, 2.45) is 0 Å². The van der Waals surface area contributed by atoms with E-state index in [1.54, 1.807) is 27.7 Å². The van der Waals surface area contributed by atoms with Crippen molar-refractivity contribution >= 4 is 0 Å². The second-order valence-electron chi connectivity index (χ2n) is 12.9. The molecular weight excluding hydrogens is 544 g/mol. The van der Waals surface area contributed by atoms with E-state index in [1.165, 1.54) is 0 Å². The van der Waals surface area contributed by atoms with Gasteiger partial charge in [0.15, 0.2) is 0 Å². The van der Waals surface area contributed by atoms with Gasteiger partial charge in [-0.05, 0) is 94.9 Å². The van der Waals surface area contributed by atoms with Gasteiger partial charge in [0.1, 0.15) is 0 Å². The zero-order valence-electron chi connectivity index (χ0n) is 29.0. The average Bonchev–Trinajstić information content (AvgIpc) is 2.91. The second kappa shape index (κ2) is 21.6. The molecular formula is C40H60O4. The Morgan fingerprint density at radius 3 is 0.977 bits per heavy atom. The normalized spacial score (nSPS) is 17.4. The van der Waals surface area contributed by atoms with E-state index in [-0.39, 0.29) is 0 Å². The van der Waals surface area contributed by atoms with Gasteiger partial charge in [-0.25, -0.2) is 0 Å². The third-order valence-electron chi connectivity index (χ3n) is 7.00. The quantitative estimate of drug-likeness (QED) is 0.118. The minimum atomic E-state index is -1.07. The minimum absolute atomic E-state index is 0.540. The lowest BCUT2D eigenvalue weighted by molar-refractivity contribution is -0.0510. The second-order valence-corrected chi connectivity index (χ2v) is 12.9. The molecule has 4 N–H and O–H groups in total. The van der Waals surface area contributed by atoms with Crippen molar-refractivity contribution in [3.8, 4) is 0 Å². The van der Waals surface area contributed by atoms with E-state index in [2.05, 4.69) is 76.3 Å². The van der Waals surface area contributed by atoms with E-state index in [0.29, 0.717) is 12.8 Å². The molecule has 0 unspecified atom stereocenters. The average molecular weight is 605 g/mol. The predicted octanol–water partition coefficient (Wildman–Crippen LogP) is 9.27. The van der Waals surface area contributed by atoms with Crippen LogP contribution in [0.15, 0.2) is 131 Å². The first kappa shape index (κ1) is 41.0. The van der Waals surface area contributed by atoms with Crippen LogP contribution in [0.25, 0.3) is 0 Å². The summed E-state index contributed by atoms with van der Waals surface area (Å²) in [4.78, 5) is 0. The Morgan fingerprint density at radius 1 is 0.455 bits per heavy atom. The van der Waals surface area contributed by atoms with Crippen LogP contribution in [0.3, 0.4) is 0 Å². The monoisotopic (exact) mass is 604 g/mol. The first-order valence-corrected chi connectivity index (χ1v) is 15.6. The van der Waals surface area contributed by atoms with Gasteiger partial charge in [-0.15, -0.1) is 0 Å². The highest BCUT2D eigenvalue weighted by Crippen LogP contribution is 2.17. The van der Waals surface area contributed by atoms with Gasteiger partial charge in [-0.1, -0.05) is 131 Å². The van der Waals surface area contributed by atoms with E-state index in [0.717, 1.165) is 46.3 Å². The molecule has 44 heavy (non-hydrogen) atoms. The molecule has 244 valence electrons. The molecule has 0 aliphatic carbocycles. The highest BCUT2D eigenvalue weighted by molar-refractivity contribution is 5.32. The number of rotatable bonds is 18. The predicted molar refractivity (Wildman–Crippen MR) is 191 cm³/mol. The Balaban J connectivity index is 4.75. The van der Waals surface area contributed by atoms with E-state index in [1.807, 2.05) is 62.5 Å². The van der Waals surface area contributed by atoms with Crippen LogP contribution in [0.5, 0.6) is 0 Å². The van der Waals surface area contributed by atoms with E-state index in [4.69, 9.17) is 0 Å². The Kier molecular flexibility index (Phi) is 20.2. The fourth-order valence-electron chi connectivity index (χ4n) is 3.67. The summed E-state index contributed by atoms with van der Waals surface area (Å²) in [5.41, 5.74) is 4.77. The van der Waals surface area contributed by atoms with Crippen molar-refractivity contribution < 1.29 is 20.4 Å². The van der Waals surface area contributed by atoms with E-state index >= 15 is 0 Å². The highest BCUT2D eigenvalue weighted by atomic mass is 16.3. The summed E-state index contributed by atoms with van der Waals surface area (Å²) >= 11 is 0. The molecule has 0 spiro atoms. The van der Waals surface area contributed by atoms with Crippen LogP contribution in [0.2, 0.25) is 0 Å². The summed E-state index contributed by atoms with van der Waals surface area (Å²) in [5.74, 6) is 0. The first-order valence-electron chi connectivity index (χ1n) is 15.6. The molecule has 0 heterocycles. The summed E-state index contributed by atoms with van der Waals surface area (Å²) in [6, 6.07) is 0. The summed E-state index contributed by atoms with van der Waals surface area (Å²) < 4.78 is 0. The highest BCUT2D eigenvalue weighted by Gasteiger charge is 2.24. The standard InChI is InChI=1S/C40H60O4/c1-31(19-13-21-33(3)23-15-25-35(5)27-29-37(41)39(7,8)43)17-11-12-18-32(2)20-14-22-34(4)24-16-26-36(6)28-30-38(42)40(9,10)44/h11-26,37-38,41-44H,27-30H2,1-10H3/b12-11+,19-13+,20-14+,23-15+,24-16+,31-17+,32-18+,33-21+,34-22+,35-25+,36-26+/t37-,38-/m1/s1. The van der Waals surface area contributed by atoms with Crippen LogP contribution in [-0.4, -0.2) is 43.8 Å². The van der Waals surface area contributed by atoms with Crippen molar-refractivity contribution in [2.75, 3.05) is 0 Å². The van der Waals surface area contributed by atoms with Gasteiger partial charge in [-0.3, -0.25) is 0 Å². The third-order valence-corrected chi connectivity index (χ3v) is 7.00. The lowest BCUT2D eigenvalue weighted by atomic mass is 9.96. The fourth-order valence-corrected chi connectivity index (χ4v) is 3.67. The van der Waals surface area contributed by atoms with Crippen molar-refractivity contribution in [1.82, 2.24) is 0 Å². The molecule has 0 aliphatic heterocycles. The molecule has 0 saturated carbocycles. The zero-order valence-corrected chi connectivity index (χ0v) is 29.0. The smallest absolute Gasteiger partial charge is 0.0849 e. The van der Waals surface area contributed by atoms with Gasteiger partial charge in [0.2, 0.25) is 0 Å². The maximum atomic E-state index is 9.96. The largest absolute Gasteiger partial charge is 0.390 e. The molecule has 0 bridgehead atoms. The molecule has 4 nitrogen and oxygen atoms in total.